The molecule has 7 heterocycles. The van der Waals surface area contributed by atoms with Gasteiger partial charge in [0.2, 0.25) is 5.88 Å². The van der Waals surface area contributed by atoms with E-state index in [9.17, 15) is 9.50 Å². The first-order valence-electron chi connectivity index (χ1n) is 15.5. The van der Waals surface area contributed by atoms with Crippen LogP contribution in [0.25, 0.3) is 22.2 Å². The number of nitrogens with one attached hydrogen (secondary N) is 1. The van der Waals surface area contributed by atoms with Gasteiger partial charge < -0.3 is 24.8 Å². The van der Waals surface area contributed by atoms with E-state index in [0.717, 1.165) is 50.6 Å². The highest BCUT2D eigenvalue weighted by Gasteiger charge is 2.50. The van der Waals surface area contributed by atoms with Gasteiger partial charge in [0.15, 0.2) is 5.82 Å². The number of benzene rings is 1. The van der Waals surface area contributed by atoms with Crippen LogP contribution in [0.15, 0.2) is 12.1 Å². The molecule has 0 amide bonds. The molecular weight excluding hydrogens is 578 g/mol. The maximum atomic E-state index is 16.8. The Balaban J connectivity index is 1.21. The van der Waals surface area contributed by atoms with Crippen LogP contribution < -0.4 is 19.7 Å². The molecule has 12 heteroatoms. The standard InChI is InChI=1S/C31H33ClF2N6O3/c32-20-9-18(41)8-19(23(20)15-2-3-15)26-25(34)27-24-28(40-12-17-4-5-21(35-17)22(40)13-42-29(24)36-26)38-30(37-27)43-14-31-6-1-7-39(31)11-16(33)10-31/h8-9,15-17,21-22,35,41H,1-7,10-14H2/t16-,17+,21-,22+,31-/m0/s1. The van der Waals surface area contributed by atoms with Gasteiger partial charge in [0.05, 0.1) is 11.6 Å². The molecule has 9 nitrogen and oxygen atoms in total. The molecule has 0 radical (unpaired) electrons. The van der Waals surface area contributed by atoms with Crippen molar-refractivity contribution in [2.45, 2.75) is 80.7 Å². The number of hydrogen-bond acceptors (Lipinski definition) is 9. The van der Waals surface area contributed by atoms with Crippen LogP contribution in [0.5, 0.6) is 17.6 Å². The second-order valence-electron chi connectivity index (χ2n) is 13.2. The Morgan fingerprint density at radius 3 is 2.91 bits per heavy atom. The van der Waals surface area contributed by atoms with E-state index in [2.05, 4.69) is 20.1 Å². The summed E-state index contributed by atoms with van der Waals surface area (Å²) in [7, 11) is 0. The zero-order chi connectivity index (χ0) is 29.0. The summed E-state index contributed by atoms with van der Waals surface area (Å²) < 4.78 is 44.0. The number of aromatic hydroxyl groups is 1. The van der Waals surface area contributed by atoms with E-state index in [-0.39, 0.29) is 53.5 Å². The molecule has 5 atom stereocenters. The number of nitrogens with zero attached hydrogens (tertiary/aromatic N) is 5. The molecule has 4 saturated heterocycles. The number of pyridine rings is 1. The van der Waals surface area contributed by atoms with Crippen molar-refractivity contribution >= 4 is 28.3 Å². The Hall–Kier alpha value is -3.02. The summed E-state index contributed by atoms with van der Waals surface area (Å²) >= 11 is 6.60. The topological polar surface area (TPSA) is 95.9 Å². The molecule has 9 rings (SSSR count). The van der Waals surface area contributed by atoms with Gasteiger partial charge in [-0.25, -0.2) is 13.8 Å². The van der Waals surface area contributed by atoms with Gasteiger partial charge in [-0.05, 0) is 68.7 Å². The SMILES string of the molecule is Oc1cc(Cl)c(C2CC2)c(-c2nc3c4c(nc(OC[C@@]56CCCN5C[C@@H](F)C6)nc4c2F)N2C[C@H]4CC[C@H](N4)[C@H]2CO3)c1. The second-order valence-corrected chi connectivity index (χ2v) is 13.6. The fourth-order valence-corrected chi connectivity index (χ4v) is 8.76. The summed E-state index contributed by atoms with van der Waals surface area (Å²) in [5.41, 5.74) is 0.920. The van der Waals surface area contributed by atoms with Crippen LogP contribution in [0, 0.1) is 5.82 Å². The molecule has 226 valence electrons. The van der Waals surface area contributed by atoms with Crippen molar-refractivity contribution in [1.82, 2.24) is 25.2 Å². The summed E-state index contributed by atoms with van der Waals surface area (Å²) in [6.07, 6.45) is 5.31. The molecule has 1 aromatic carbocycles. The van der Waals surface area contributed by atoms with Crippen molar-refractivity contribution in [3.05, 3.63) is 28.5 Å². The van der Waals surface area contributed by atoms with Crippen LogP contribution in [0.2, 0.25) is 5.02 Å². The van der Waals surface area contributed by atoms with Gasteiger partial charge in [-0.3, -0.25) is 4.90 Å². The third kappa shape index (κ3) is 4.10. The maximum absolute atomic E-state index is 16.8. The Morgan fingerprint density at radius 2 is 2.05 bits per heavy atom. The largest absolute Gasteiger partial charge is 0.508 e. The Labute approximate surface area is 252 Å². The Morgan fingerprint density at radius 1 is 1.16 bits per heavy atom. The van der Waals surface area contributed by atoms with Gasteiger partial charge in [0, 0.05) is 42.2 Å². The minimum Gasteiger partial charge on any atom is -0.508 e. The van der Waals surface area contributed by atoms with Crippen LogP contribution >= 0.6 is 11.6 Å². The van der Waals surface area contributed by atoms with Crippen LogP contribution in [-0.4, -0.2) is 87.6 Å². The number of phenols is 1. The third-order valence-corrected chi connectivity index (χ3v) is 10.8. The minimum absolute atomic E-state index is 0.0197. The zero-order valence-electron chi connectivity index (χ0n) is 23.7. The molecule has 5 fully saturated rings. The lowest BCUT2D eigenvalue weighted by Crippen LogP contribution is -2.60. The fraction of sp³-hybridized carbons (Fsp3) is 0.581. The predicted octanol–water partition coefficient (Wildman–Crippen LogP) is 4.72. The maximum Gasteiger partial charge on any atom is 0.319 e. The van der Waals surface area contributed by atoms with Crippen LogP contribution in [-0.2, 0) is 0 Å². The number of phenolic OH excluding ortho intramolecular Hbond substituents is 1. The highest BCUT2D eigenvalue weighted by Crippen LogP contribution is 2.50. The number of aromatic nitrogens is 3. The van der Waals surface area contributed by atoms with E-state index in [0.29, 0.717) is 53.9 Å². The number of piperazine rings is 1. The van der Waals surface area contributed by atoms with Gasteiger partial charge >= 0.3 is 6.01 Å². The normalized spacial score (nSPS) is 31.2. The fourth-order valence-electron chi connectivity index (χ4n) is 8.39. The van der Waals surface area contributed by atoms with Crippen molar-refractivity contribution in [2.75, 3.05) is 37.7 Å². The average molecular weight is 611 g/mol. The zero-order valence-corrected chi connectivity index (χ0v) is 24.4. The number of anilines is 1. The first-order chi connectivity index (χ1) is 20.9. The molecule has 43 heavy (non-hydrogen) atoms. The first kappa shape index (κ1) is 26.4. The number of hydrogen-bond donors (Lipinski definition) is 2. The van der Waals surface area contributed by atoms with E-state index in [1.807, 2.05) is 0 Å². The molecule has 0 spiro atoms. The molecule has 0 unspecified atom stereocenters. The molecule has 2 bridgehead atoms. The van der Waals surface area contributed by atoms with Gasteiger partial charge in [-0.15, -0.1) is 0 Å². The van der Waals surface area contributed by atoms with Gasteiger partial charge in [0.25, 0.3) is 0 Å². The lowest BCUT2D eigenvalue weighted by atomic mass is 9.95. The first-order valence-corrected chi connectivity index (χ1v) is 15.9. The lowest BCUT2D eigenvalue weighted by Gasteiger charge is -2.40. The quantitative estimate of drug-likeness (QED) is 0.425. The molecular formula is C31H33ClF2N6O3. The molecule has 1 aliphatic carbocycles. The van der Waals surface area contributed by atoms with Gasteiger partial charge in [-0.1, -0.05) is 11.6 Å². The van der Waals surface area contributed by atoms with Crippen molar-refractivity contribution in [3.8, 4) is 28.9 Å². The number of halogens is 3. The number of fused-ring (bicyclic) bond motifs is 6. The number of rotatable bonds is 5. The molecule has 3 aromatic rings. The monoisotopic (exact) mass is 610 g/mol. The molecule has 5 aliphatic heterocycles. The smallest absolute Gasteiger partial charge is 0.319 e. The van der Waals surface area contributed by atoms with Crippen molar-refractivity contribution < 1.29 is 23.4 Å². The van der Waals surface area contributed by atoms with E-state index in [1.54, 1.807) is 0 Å². The molecule has 2 N–H and O–H groups in total. The summed E-state index contributed by atoms with van der Waals surface area (Å²) in [5, 5.41) is 15.0. The van der Waals surface area contributed by atoms with Crippen LogP contribution in [0.1, 0.15) is 56.4 Å². The van der Waals surface area contributed by atoms with Crippen molar-refractivity contribution in [3.63, 3.8) is 0 Å². The summed E-state index contributed by atoms with van der Waals surface area (Å²) in [6.45, 7) is 2.56. The number of alkyl halides is 1. The predicted molar refractivity (Wildman–Crippen MR) is 156 cm³/mol. The minimum atomic E-state index is -0.885. The van der Waals surface area contributed by atoms with Crippen LogP contribution in [0.4, 0.5) is 14.6 Å². The number of ether oxygens (including phenoxy) is 2. The molecule has 2 aromatic heterocycles. The van der Waals surface area contributed by atoms with E-state index in [4.69, 9.17) is 31.0 Å². The summed E-state index contributed by atoms with van der Waals surface area (Å²) in [6, 6.07) is 3.57. The van der Waals surface area contributed by atoms with Gasteiger partial charge in [0.1, 0.15) is 47.5 Å². The molecule has 1 saturated carbocycles. The summed E-state index contributed by atoms with van der Waals surface area (Å²) in [4.78, 5) is 18.7. The summed E-state index contributed by atoms with van der Waals surface area (Å²) in [5.74, 6) is 0.292. The highest BCUT2D eigenvalue weighted by molar-refractivity contribution is 6.32. The third-order valence-electron chi connectivity index (χ3n) is 10.5. The second kappa shape index (κ2) is 9.49. The average Bonchev–Trinajstić information content (AvgIpc) is 3.56. The van der Waals surface area contributed by atoms with Crippen LogP contribution in [0.3, 0.4) is 0 Å². The van der Waals surface area contributed by atoms with Gasteiger partial charge in [-0.2, -0.15) is 9.97 Å². The van der Waals surface area contributed by atoms with Crippen molar-refractivity contribution in [2.24, 2.45) is 0 Å². The lowest BCUT2D eigenvalue weighted by molar-refractivity contribution is 0.107. The molecule has 6 aliphatic rings. The van der Waals surface area contributed by atoms with E-state index < -0.39 is 17.5 Å². The van der Waals surface area contributed by atoms with E-state index >= 15 is 4.39 Å². The van der Waals surface area contributed by atoms with Crippen molar-refractivity contribution in [1.29, 1.82) is 0 Å². The Kier molecular flexibility index (Phi) is 5.82. The Bertz CT molecular complexity index is 1660. The highest BCUT2D eigenvalue weighted by atomic mass is 35.5. The van der Waals surface area contributed by atoms with E-state index in [1.165, 1.54) is 12.1 Å².